The van der Waals surface area contributed by atoms with Gasteiger partial charge in [-0.25, -0.2) is 4.98 Å². The highest BCUT2D eigenvalue weighted by Gasteiger charge is 2.20. The summed E-state index contributed by atoms with van der Waals surface area (Å²) in [6.45, 7) is 7.45. The van der Waals surface area contributed by atoms with Gasteiger partial charge >= 0.3 is 0 Å². The molecule has 0 atom stereocenters. The van der Waals surface area contributed by atoms with E-state index in [2.05, 4.69) is 58.3 Å². The molecule has 0 unspecified atom stereocenters. The van der Waals surface area contributed by atoms with Crippen LogP contribution in [0, 0.1) is 0 Å². The van der Waals surface area contributed by atoms with E-state index >= 15 is 0 Å². The number of anilines is 1. The molecule has 1 fully saturated rings. The van der Waals surface area contributed by atoms with Crippen molar-refractivity contribution in [1.82, 2.24) is 14.5 Å². The lowest BCUT2D eigenvalue weighted by molar-refractivity contribution is 0.278. The van der Waals surface area contributed by atoms with Crippen LogP contribution in [0.15, 0.2) is 53.1 Å². The maximum atomic E-state index is 12.7. The van der Waals surface area contributed by atoms with Gasteiger partial charge in [-0.05, 0) is 18.7 Å². The van der Waals surface area contributed by atoms with Crippen molar-refractivity contribution < 1.29 is 0 Å². The highest BCUT2D eigenvalue weighted by atomic mass is 32.2. The summed E-state index contributed by atoms with van der Waals surface area (Å²) >= 11 is 1.75. The molecule has 5 nitrogen and oxygen atoms in total. The highest BCUT2D eigenvalue weighted by molar-refractivity contribution is 7.98. The van der Waals surface area contributed by atoms with Crippen LogP contribution in [0.4, 0.5) is 5.82 Å². The van der Waals surface area contributed by atoms with Gasteiger partial charge in [0.2, 0.25) is 0 Å². The third-order valence-corrected chi connectivity index (χ3v) is 5.38. The van der Waals surface area contributed by atoms with E-state index < -0.39 is 0 Å². The van der Waals surface area contributed by atoms with Crippen molar-refractivity contribution in [3.63, 3.8) is 0 Å². The predicted octanol–water partition coefficient (Wildman–Crippen LogP) is 2.83. The smallest absolute Gasteiger partial charge is 0.293 e. The van der Waals surface area contributed by atoms with Crippen LogP contribution in [0.3, 0.4) is 0 Å². The first-order valence-electron chi connectivity index (χ1n) is 9.41. The fraction of sp³-hybridized carbons (Fsp3) is 0.429. The van der Waals surface area contributed by atoms with E-state index in [0.29, 0.717) is 5.82 Å². The Hall–Kier alpha value is -2.05. The Morgan fingerprint density at radius 3 is 2.63 bits per heavy atom. The van der Waals surface area contributed by atoms with Gasteiger partial charge in [0.25, 0.3) is 5.56 Å². The van der Waals surface area contributed by atoms with Gasteiger partial charge in [0.1, 0.15) is 0 Å². The maximum absolute atomic E-state index is 12.7. The van der Waals surface area contributed by atoms with Crippen molar-refractivity contribution in [3.8, 4) is 0 Å². The normalized spacial score (nSPS) is 15.9. The summed E-state index contributed by atoms with van der Waals surface area (Å²) < 4.78 is 1.78. The number of hydrogen-bond donors (Lipinski definition) is 0. The molecule has 1 aliphatic heterocycles. The van der Waals surface area contributed by atoms with Crippen LogP contribution in [0.5, 0.6) is 0 Å². The summed E-state index contributed by atoms with van der Waals surface area (Å²) in [5, 5.41) is 0. The second-order valence-corrected chi connectivity index (χ2v) is 7.89. The van der Waals surface area contributed by atoms with Crippen LogP contribution in [-0.2, 0) is 6.54 Å². The SMILES string of the molecule is CSCCn1ccnc(N2CCN(C/C(C)=C/c3ccccc3)CC2)c1=O. The van der Waals surface area contributed by atoms with E-state index in [9.17, 15) is 4.79 Å². The molecule has 6 heteroatoms. The van der Waals surface area contributed by atoms with E-state index in [0.717, 1.165) is 45.0 Å². The summed E-state index contributed by atoms with van der Waals surface area (Å²) in [6, 6.07) is 10.4. The Balaban J connectivity index is 1.58. The molecule has 0 N–H and O–H groups in total. The number of nitrogens with zero attached hydrogens (tertiary/aromatic N) is 4. The van der Waals surface area contributed by atoms with Crippen molar-refractivity contribution in [2.45, 2.75) is 13.5 Å². The molecule has 0 spiro atoms. The summed E-state index contributed by atoms with van der Waals surface area (Å²) in [6.07, 6.45) is 7.84. The molecule has 1 aliphatic rings. The molecule has 0 aliphatic carbocycles. The van der Waals surface area contributed by atoms with Gasteiger partial charge in [-0.15, -0.1) is 0 Å². The van der Waals surface area contributed by atoms with Crippen molar-refractivity contribution >= 4 is 23.7 Å². The zero-order valence-electron chi connectivity index (χ0n) is 16.2. The van der Waals surface area contributed by atoms with Crippen LogP contribution in [0.2, 0.25) is 0 Å². The van der Waals surface area contributed by atoms with E-state index in [4.69, 9.17) is 0 Å². The summed E-state index contributed by atoms with van der Waals surface area (Å²) in [5.41, 5.74) is 2.62. The van der Waals surface area contributed by atoms with Crippen LogP contribution in [0.25, 0.3) is 6.08 Å². The first-order chi connectivity index (χ1) is 13.2. The lowest BCUT2D eigenvalue weighted by atomic mass is 10.1. The summed E-state index contributed by atoms with van der Waals surface area (Å²) in [5.74, 6) is 1.53. The Labute approximate surface area is 165 Å². The van der Waals surface area contributed by atoms with Crippen molar-refractivity contribution in [1.29, 1.82) is 0 Å². The van der Waals surface area contributed by atoms with Gasteiger partial charge in [0.05, 0.1) is 0 Å². The highest BCUT2D eigenvalue weighted by Crippen LogP contribution is 2.12. The number of aromatic nitrogens is 2. The third-order valence-electron chi connectivity index (χ3n) is 4.79. The third kappa shape index (κ3) is 5.47. The fourth-order valence-corrected chi connectivity index (χ4v) is 3.75. The molecule has 1 aromatic heterocycles. The molecule has 0 radical (unpaired) electrons. The van der Waals surface area contributed by atoms with Gasteiger partial charge in [0, 0.05) is 57.4 Å². The van der Waals surface area contributed by atoms with Crippen LogP contribution < -0.4 is 10.5 Å². The van der Waals surface area contributed by atoms with Gasteiger partial charge in [0.15, 0.2) is 5.82 Å². The van der Waals surface area contributed by atoms with Crippen LogP contribution in [-0.4, -0.2) is 59.2 Å². The Bertz CT molecular complexity index is 810. The van der Waals surface area contributed by atoms with Crippen LogP contribution >= 0.6 is 11.8 Å². The molecule has 0 amide bonds. The molecule has 3 rings (SSSR count). The minimum Gasteiger partial charge on any atom is -0.349 e. The van der Waals surface area contributed by atoms with E-state index in [1.807, 2.05) is 6.07 Å². The number of benzene rings is 1. The second kappa shape index (κ2) is 9.76. The average Bonchev–Trinajstić information content (AvgIpc) is 2.69. The van der Waals surface area contributed by atoms with Gasteiger partial charge in [-0.1, -0.05) is 42.0 Å². The van der Waals surface area contributed by atoms with Gasteiger partial charge in [-0.3, -0.25) is 9.69 Å². The van der Waals surface area contributed by atoms with E-state index in [-0.39, 0.29) is 5.56 Å². The molecule has 2 aromatic rings. The van der Waals surface area contributed by atoms with Gasteiger partial charge < -0.3 is 9.47 Å². The van der Waals surface area contributed by atoms with Crippen molar-refractivity contribution in [3.05, 3.63) is 64.2 Å². The standard InChI is InChI=1S/C21H28N4OS/c1-18(16-19-6-4-3-5-7-19)17-23-10-12-24(13-11-23)20-21(26)25(9-8-22-20)14-15-27-2/h3-9,16H,10-15,17H2,1-2H3/b18-16+. The topological polar surface area (TPSA) is 41.4 Å². The zero-order chi connectivity index (χ0) is 19.1. The molecule has 0 saturated carbocycles. The maximum Gasteiger partial charge on any atom is 0.293 e. The van der Waals surface area contributed by atoms with E-state index in [1.165, 1.54) is 11.1 Å². The summed E-state index contributed by atoms with van der Waals surface area (Å²) in [7, 11) is 0. The lowest BCUT2D eigenvalue weighted by Gasteiger charge is -2.35. The van der Waals surface area contributed by atoms with Crippen molar-refractivity contribution in [2.24, 2.45) is 0 Å². The number of aryl methyl sites for hydroxylation is 1. The Kier molecular flexibility index (Phi) is 7.12. The monoisotopic (exact) mass is 384 g/mol. The quantitative estimate of drug-likeness (QED) is 0.734. The van der Waals surface area contributed by atoms with Crippen molar-refractivity contribution in [2.75, 3.05) is 49.6 Å². The molecular weight excluding hydrogens is 356 g/mol. The molecule has 144 valence electrons. The number of hydrogen-bond acceptors (Lipinski definition) is 5. The number of thioether (sulfide) groups is 1. The molecule has 0 bridgehead atoms. The molecular formula is C21H28N4OS. The minimum atomic E-state index is 0.0279. The minimum absolute atomic E-state index is 0.0279. The molecule has 1 saturated heterocycles. The summed E-state index contributed by atoms with van der Waals surface area (Å²) in [4.78, 5) is 21.6. The molecule has 2 heterocycles. The van der Waals surface area contributed by atoms with Crippen LogP contribution in [0.1, 0.15) is 12.5 Å². The molecule has 27 heavy (non-hydrogen) atoms. The largest absolute Gasteiger partial charge is 0.349 e. The zero-order valence-corrected chi connectivity index (χ0v) is 17.0. The lowest BCUT2D eigenvalue weighted by Crippen LogP contribution is -2.49. The molecule has 1 aromatic carbocycles. The van der Waals surface area contributed by atoms with Gasteiger partial charge in [-0.2, -0.15) is 11.8 Å². The average molecular weight is 385 g/mol. The first-order valence-corrected chi connectivity index (χ1v) is 10.8. The second-order valence-electron chi connectivity index (χ2n) is 6.91. The fourth-order valence-electron chi connectivity index (χ4n) is 3.37. The first kappa shape index (κ1) is 19.7. The number of piperazine rings is 1. The number of rotatable bonds is 7. The van der Waals surface area contributed by atoms with E-state index in [1.54, 1.807) is 28.7 Å². The Morgan fingerprint density at radius 2 is 1.93 bits per heavy atom. The predicted molar refractivity (Wildman–Crippen MR) is 116 cm³/mol. The Morgan fingerprint density at radius 1 is 1.19 bits per heavy atom.